The first-order valence-electron chi connectivity index (χ1n) is 36.3. The van der Waals surface area contributed by atoms with Crippen LogP contribution in [0, 0.1) is 17.3 Å². The van der Waals surface area contributed by atoms with Crippen LogP contribution in [0.15, 0.2) is 79.1 Å². The number of carbonyl (C=O) groups excluding carboxylic acids is 5. The summed E-state index contributed by atoms with van der Waals surface area (Å²) in [4.78, 5) is 95.4. The maximum absolute atomic E-state index is 14.0. The summed E-state index contributed by atoms with van der Waals surface area (Å²) in [6.45, 7) is 27.4. The molecule has 0 N–H and O–H groups in total. The molecule has 0 bridgehead atoms. The minimum atomic E-state index is -0.931. The molecule has 0 amide bonds. The van der Waals surface area contributed by atoms with Crippen molar-refractivity contribution < 1.29 is 56.5 Å². The standard InChI is InChI=1S/C42H54O8.C40H49NO6/c1-9-10-11-12-19-40(2,3)27-22-35(37-30-24-28(43)16-18-32(30)42(6,7)50-36(37)23-27)49-39(46)41(4,5)20-13-14-33(44)31-21-26-15-17-29(47-8)25-34(26)48-38(31)45;1-6-7-8-9-16-39(2,3)26-21-32(34-29-23-27(42)14-15-31(29)40(4,5)47-33(34)22-26)45-37(43)30-20-25-19-24-12-10-17-41-18-11-13-28(35(24)41)36(25)46-38(30)44/h15,17,21-23,25,30,32H,9-14,16,18-20,24H2,1-8H3;19-22,29,31H,6-18,23H2,1-5H3/t30-,32-;29-,31-/m11/s1. The third kappa shape index (κ3) is 14.9. The average molecular weight is 1330 g/mol. The van der Waals surface area contributed by atoms with Gasteiger partial charge in [0.05, 0.1) is 12.5 Å². The van der Waals surface area contributed by atoms with E-state index in [1.165, 1.54) is 56.9 Å². The smallest absolute Gasteiger partial charge is 0.351 e. The first-order chi connectivity index (χ1) is 46.0. The van der Waals surface area contributed by atoms with E-state index >= 15 is 0 Å². The van der Waals surface area contributed by atoms with Crippen molar-refractivity contribution >= 4 is 56.9 Å². The third-order valence-corrected chi connectivity index (χ3v) is 22.5. The number of aryl methyl sites for hydroxylation is 2. The molecule has 0 unspecified atom stereocenters. The second-order valence-corrected chi connectivity index (χ2v) is 31.8. The van der Waals surface area contributed by atoms with Crippen LogP contribution in [0.3, 0.4) is 0 Å². The fourth-order valence-electron chi connectivity index (χ4n) is 16.7. The van der Waals surface area contributed by atoms with Gasteiger partial charge in [-0.05, 0) is 188 Å². The molecule has 0 saturated heterocycles. The SMILES string of the molecule is CCCCCCC(C)(C)c1cc(OC(=O)C(C)(C)CCCC(=O)c2cc3ccc(OC)cc3oc2=O)c2c(c1)OC(C)(C)[C@@H]1CCC(=O)C[C@@H]21.CCCCCCC(C)(C)c1cc(OC(=O)c2cc3cc4c5c(c3oc2=O)CCCN5CCC4)c2c(c1)OC(C)(C)[C@@H]1CCC(=O)C[C@@H]21. The molecule has 15 nitrogen and oxygen atoms in total. The summed E-state index contributed by atoms with van der Waals surface area (Å²) in [7, 11) is 1.53. The molecular formula is C82H103NO14. The summed E-state index contributed by atoms with van der Waals surface area (Å²) in [6.07, 6.45) is 19.3. The molecular weight excluding hydrogens is 1220 g/mol. The highest BCUT2D eigenvalue weighted by Gasteiger charge is 2.51. The zero-order valence-corrected chi connectivity index (χ0v) is 59.9. The van der Waals surface area contributed by atoms with Crippen molar-refractivity contribution in [1.82, 2.24) is 0 Å². The maximum atomic E-state index is 14.0. The Bertz CT molecular complexity index is 4140. The van der Waals surface area contributed by atoms with Crippen molar-refractivity contribution in [2.24, 2.45) is 17.3 Å². The summed E-state index contributed by atoms with van der Waals surface area (Å²) < 4.78 is 42.6. The van der Waals surface area contributed by atoms with E-state index in [-0.39, 0.29) is 69.4 Å². The number of methoxy groups -OCH3 is 1. The van der Waals surface area contributed by atoms with Crippen molar-refractivity contribution in [1.29, 1.82) is 0 Å². The van der Waals surface area contributed by atoms with Crippen LogP contribution in [-0.2, 0) is 38.1 Å². The molecule has 0 radical (unpaired) electrons. The quantitative estimate of drug-likeness (QED) is 0.0204. The molecule has 2 saturated carbocycles. The van der Waals surface area contributed by atoms with E-state index in [1.54, 1.807) is 30.3 Å². The van der Waals surface area contributed by atoms with E-state index in [1.807, 2.05) is 26.0 Å². The normalized spacial score (nSPS) is 20.0. The Balaban J connectivity index is 0.000000197. The van der Waals surface area contributed by atoms with Crippen molar-refractivity contribution in [2.75, 3.05) is 25.1 Å². The van der Waals surface area contributed by atoms with Gasteiger partial charge in [0.2, 0.25) is 0 Å². The zero-order valence-electron chi connectivity index (χ0n) is 59.9. The monoisotopic (exact) mass is 1330 g/mol. The number of hydrogen-bond acceptors (Lipinski definition) is 15. The van der Waals surface area contributed by atoms with Crippen LogP contribution in [0.1, 0.15) is 284 Å². The summed E-state index contributed by atoms with van der Waals surface area (Å²) in [6, 6.07) is 18.6. The van der Waals surface area contributed by atoms with Gasteiger partial charge >= 0.3 is 23.2 Å². The van der Waals surface area contributed by atoms with Crippen LogP contribution in [0.25, 0.3) is 21.9 Å². The van der Waals surface area contributed by atoms with Gasteiger partial charge in [-0.15, -0.1) is 0 Å². The van der Waals surface area contributed by atoms with Crippen LogP contribution >= 0.6 is 0 Å². The second kappa shape index (κ2) is 28.4. The Hall–Kier alpha value is -7.55. The van der Waals surface area contributed by atoms with Crippen LogP contribution < -0.4 is 39.8 Å². The molecule has 6 aromatic rings. The number of unbranched alkanes of at least 4 members (excludes halogenated alkanes) is 6. The maximum Gasteiger partial charge on any atom is 0.351 e. The van der Waals surface area contributed by atoms with Crippen LogP contribution in [0.4, 0.5) is 5.69 Å². The number of carbonyl (C=O) groups is 5. The van der Waals surface area contributed by atoms with Crippen molar-refractivity contribution in [3.8, 4) is 28.7 Å². The number of ketones is 3. The summed E-state index contributed by atoms with van der Waals surface area (Å²) in [5, 5.41) is 1.39. The Morgan fingerprint density at radius 3 is 1.70 bits per heavy atom. The highest BCUT2D eigenvalue weighted by atomic mass is 16.5. The number of rotatable bonds is 22. The molecule has 2 fully saturated rings. The average Bonchev–Trinajstić information content (AvgIpc) is 0.746. The molecule has 12 rings (SSSR count). The van der Waals surface area contributed by atoms with E-state index < -0.39 is 39.8 Å². The lowest BCUT2D eigenvalue weighted by Crippen LogP contribution is -2.47. The molecule has 6 aliphatic rings. The van der Waals surface area contributed by atoms with Crippen LogP contribution in [0.5, 0.6) is 28.7 Å². The minimum Gasteiger partial charge on any atom is -0.497 e. The highest BCUT2D eigenvalue weighted by molar-refractivity contribution is 5.99. The molecule has 520 valence electrons. The molecule has 0 spiro atoms. The molecule has 4 aliphatic heterocycles. The number of nitrogens with zero attached hydrogens (tertiary/aromatic N) is 1. The van der Waals surface area contributed by atoms with Crippen LogP contribution in [-0.4, -0.2) is 60.7 Å². The molecule has 97 heavy (non-hydrogen) atoms. The van der Waals surface area contributed by atoms with Gasteiger partial charge in [0.15, 0.2) is 5.78 Å². The van der Waals surface area contributed by atoms with Gasteiger partial charge in [-0.3, -0.25) is 19.2 Å². The summed E-state index contributed by atoms with van der Waals surface area (Å²) >= 11 is 0. The van der Waals surface area contributed by atoms with Gasteiger partial charge in [0.1, 0.15) is 73.8 Å². The summed E-state index contributed by atoms with van der Waals surface area (Å²) in [5.41, 5.74) is 4.36. The second-order valence-electron chi connectivity index (χ2n) is 31.8. The summed E-state index contributed by atoms with van der Waals surface area (Å²) in [5.74, 6) is 1.73. The molecule has 15 heteroatoms. The van der Waals surface area contributed by atoms with Crippen molar-refractivity contribution in [2.45, 2.75) is 265 Å². The van der Waals surface area contributed by atoms with E-state index in [0.717, 1.165) is 111 Å². The van der Waals surface area contributed by atoms with E-state index in [2.05, 4.69) is 92.3 Å². The minimum absolute atomic E-state index is 0.0108. The molecule has 6 heterocycles. The molecule has 2 aromatic heterocycles. The number of hydrogen-bond donors (Lipinski definition) is 0. The number of Topliss-reactive ketones (excluding diaryl/α,β-unsaturated/α-hetero) is 3. The number of esters is 2. The highest BCUT2D eigenvalue weighted by Crippen LogP contribution is 2.57. The van der Waals surface area contributed by atoms with Gasteiger partial charge in [-0.2, -0.15) is 0 Å². The molecule has 4 atom stereocenters. The fourth-order valence-corrected chi connectivity index (χ4v) is 16.7. The zero-order chi connectivity index (χ0) is 69.5. The largest absolute Gasteiger partial charge is 0.497 e. The van der Waals surface area contributed by atoms with Gasteiger partial charge in [0.25, 0.3) is 0 Å². The number of fused-ring (bicyclic) bond motifs is 9. The van der Waals surface area contributed by atoms with Crippen LogP contribution in [0.2, 0.25) is 0 Å². The Morgan fingerprint density at radius 2 is 1.13 bits per heavy atom. The number of anilines is 1. The van der Waals surface area contributed by atoms with Gasteiger partial charge in [-0.1, -0.05) is 92.9 Å². The number of benzene rings is 4. The predicted octanol–water partition coefficient (Wildman–Crippen LogP) is 18.2. The lowest BCUT2D eigenvalue weighted by atomic mass is 9.66. The van der Waals surface area contributed by atoms with Crippen molar-refractivity contribution in [3.05, 3.63) is 126 Å². The lowest BCUT2D eigenvalue weighted by Gasteiger charge is -2.47. The van der Waals surface area contributed by atoms with Gasteiger partial charge in [0, 0.05) is 108 Å². The van der Waals surface area contributed by atoms with E-state index in [0.29, 0.717) is 83.8 Å². The topological polar surface area (TPSA) is 195 Å². The Labute approximate surface area is 572 Å². The first-order valence-corrected chi connectivity index (χ1v) is 36.3. The fraction of sp³-hybridized carbons (Fsp3) is 0.573. The van der Waals surface area contributed by atoms with E-state index in [9.17, 15) is 33.6 Å². The first kappa shape index (κ1) is 70.8. The Kier molecular flexibility index (Phi) is 20.7. The van der Waals surface area contributed by atoms with Gasteiger partial charge in [-0.25, -0.2) is 14.4 Å². The molecule has 2 aliphatic carbocycles. The predicted molar refractivity (Wildman–Crippen MR) is 379 cm³/mol. The Morgan fingerprint density at radius 1 is 0.588 bits per heavy atom. The third-order valence-electron chi connectivity index (χ3n) is 22.5. The lowest BCUT2D eigenvalue weighted by molar-refractivity contribution is -0.144. The molecule has 4 aromatic carbocycles. The van der Waals surface area contributed by atoms with E-state index in [4.69, 9.17) is 32.5 Å². The van der Waals surface area contributed by atoms with Gasteiger partial charge < -0.3 is 37.4 Å². The van der Waals surface area contributed by atoms with Crippen molar-refractivity contribution in [3.63, 3.8) is 0 Å². The number of ether oxygens (including phenoxy) is 5.